The third-order valence-corrected chi connectivity index (χ3v) is 4.51. The van der Waals surface area contributed by atoms with Crippen LogP contribution in [0.4, 0.5) is 0 Å². The molecule has 25 heavy (non-hydrogen) atoms. The summed E-state index contributed by atoms with van der Waals surface area (Å²) < 4.78 is 0. The molecule has 4 rings (SSSR count). The fourth-order valence-corrected chi connectivity index (χ4v) is 3.27. The van der Waals surface area contributed by atoms with E-state index < -0.39 is 7.12 Å². The van der Waals surface area contributed by atoms with Gasteiger partial charge >= 0.3 is 7.12 Å². The van der Waals surface area contributed by atoms with Crippen molar-refractivity contribution in [2.45, 2.75) is 0 Å². The summed E-state index contributed by atoms with van der Waals surface area (Å²) >= 11 is 0. The van der Waals surface area contributed by atoms with Crippen LogP contribution in [0, 0.1) is 0 Å². The van der Waals surface area contributed by atoms with Gasteiger partial charge in [-0.05, 0) is 38.5 Å². The molecule has 0 saturated heterocycles. The predicted octanol–water partition coefficient (Wildman–Crippen LogP) is 3.85. The maximum absolute atomic E-state index is 9.31. The number of hydrogen-bond acceptors (Lipinski definition) is 2. The summed E-state index contributed by atoms with van der Waals surface area (Å²) in [6, 6.07) is 30.4. The zero-order valence-corrected chi connectivity index (χ0v) is 13.6. The minimum atomic E-state index is -1.44. The van der Waals surface area contributed by atoms with E-state index in [-0.39, 0.29) is 0 Å². The number of rotatable bonds is 3. The Bertz CT molecular complexity index is 1000. The molecule has 4 aromatic carbocycles. The second-order valence-electron chi connectivity index (χ2n) is 6.07. The molecule has 0 heterocycles. The van der Waals surface area contributed by atoms with Crippen LogP contribution in [0.15, 0.2) is 91.0 Å². The minimum absolute atomic E-state index is 0.493. The van der Waals surface area contributed by atoms with Gasteiger partial charge in [0.25, 0.3) is 0 Å². The highest BCUT2D eigenvalue weighted by molar-refractivity contribution is 6.58. The van der Waals surface area contributed by atoms with Crippen molar-refractivity contribution in [2.75, 3.05) is 0 Å². The Morgan fingerprint density at radius 2 is 1.08 bits per heavy atom. The molecule has 0 spiro atoms. The van der Waals surface area contributed by atoms with Crippen LogP contribution in [0.1, 0.15) is 0 Å². The van der Waals surface area contributed by atoms with E-state index >= 15 is 0 Å². The first-order chi connectivity index (χ1) is 12.2. The van der Waals surface area contributed by atoms with E-state index in [0.29, 0.717) is 5.46 Å². The van der Waals surface area contributed by atoms with Crippen molar-refractivity contribution < 1.29 is 10.0 Å². The number of benzene rings is 4. The molecule has 0 bridgehead atoms. The molecule has 0 saturated carbocycles. The molecule has 0 atom stereocenters. The lowest BCUT2D eigenvalue weighted by Gasteiger charge is -2.13. The molecule has 0 aliphatic heterocycles. The lowest BCUT2D eigenvalue weighted by atomic mass is 9.79. The van der Waals surface area contributed by atoms with Crippen molar-refractivity contribution in [1.82, 2.24) is 0 Å². The van der Waals surface area contributed by atoms with Crippen molar-refractivity contribution in [3.05, 3.63) is 91.0 Å². The zero-order chi connectivity index (χ0) is 17.2. The summed E-state index contributed by atoms with van der Waals surface area (Å²) in [5, 5.41) is 21.0. The molecule has 0 aliphatic rings. The quantitative estimate of drug-likeness (QED) is 0.562. The van der Waals surface area contributed by atoms with E-state index in [1.807, 2.05) is 30.3 Å². The predicted molar refractivity (Wildman–Crippen MR) is 105 cm³/mol. The third-order valence-electron chi connectivity index (χ3n) is 4.51. The van der Waals surface area contributed by atoms with E-state index in [0.717, 1.165) is 11.1 Å². The fraction of sp³-hybridized carbons (Fsp3) is 0. The summed E-state index contributed by atoms with van der Waals surface area (Å²) in [7, 11) is -1.44. The maximum Gasteiger partial charge on any atom is 0.488 e. The molecule has 0 unspecified atom stereocenters. The van der Waals surface area contributed by atoms with Crippen LogP contribution in [0.3, 0.4) is 0 Å². The van der Waals surface area contributed by atoms with Crippen LogP contribution in [-0.2, 0) is 0 Å². The molecular formula is C22H17BO2. The third kappa shape index (κ3) is 2.96. The Labute approximate surface area is 147 Å². The molecular weight excluding hydrogens is 307 g/mol. The van der Waals surface area contributed by atoms with Crippen molar-refractivity contribution in [1.29, 1.82) is 0 Å². The highest BCUT2D eigenvalue weighted by Crippen LogP contribution is 2.36. The monoisotopic (exact) mass is 324 g/mol. The Morgan fingerprint density at radius 3 is 1.64 bits per heavy atom. The van der Waals surface area contributed by atoms with Crippen LogP contribution in [0.2, 0.25) is 0 Å². The van der Waals surface area contributed by atoms with Gasteiger partial charge in [0.2, 0.25) is 0 Å². The van der Waals surface area contributed by atoms with Crippen LogP contribution in [0.25, 0.3) is 33.0 Å². The van der Waals surface area contributed by atoms with Gasteiger partial charge in [-0.15, -0.1) is 0 Å². The molecule has 0 aromatic heterocycles. The molecule has 3 heteroatoms. The standard InChI is InChI=1S/C22H17BO2/c24-23(25)19-14-12-17(13-15-19)21-11-5-9-18-8-4-10-20(22(18)21)16-6-2-1-3-7-16/h1-15,24-25H. The maximum atomic E-state index is 9.31. The molecule has 0 aliphatic carbocycles. The average molecular weight is 324 g/mol. The average Bonchev–Trinajstić information content (AvgIpc) is 2.68. The van der Waals surface area contributed by atoms with Gasteiger partial charge in [-0.2, -0.15) is 0 Å². The van der Waals surface area contributed by atoms with Crippen molar-refractivity contribution in [3.8, 4) is 22.3 Å². The first kappa shape index (κ1) is 15.6. The zero-order valence-electron chi connectivity index (χ0n) is 13.6. The first-order valence-electron chi connectivity index (χ1n) is 8.28. The molecule has 2 nitrogen and oxygen atoms in total. The molecule has 0 amide bonds. The summed E-state index contributed by atoms with van der Waals surface area (Å²) in [4.78, 5) is 0. The Balaban J connectivity index is 1.95. The highest BCUT2D eigenvalue weighted by atomic mass is 16.4. The summed E-state index contributed by atoms with van der Waals surface area (Å²) in [6.45, 7) is 0. The van der Waals surface area contributed by atoms with Gasteiger partial charge in [-0.1, -0.05) is 91.0 Å². The van der Waals surface area contributed by atoms with Crippen LogP contribution >= 0.6 is 0 Å². The molecule has 0 fully saturated rings. The van der Waals surface area contributed by atoms with Crippen LogP contribution < -0.4 is 5.46 Å². The van der Waals surface area contributed by atoms with Gasteiger partial charge in [0.05, 0.1) is 0 Å². The number of fused-ring (bicyclic) bond motifs is 1. The second-order valence-corrected chi connectivity index (χ2v) is 6.07. The summed E-state index contributed by atoms with van der Waals surface area (Å²) in [5.41, 5.74) is 5.06. The van der Waals surface area contributed by atoms with Crippen molar-refractivity contribution in [3.63, 3.8) is 0 Å². The van der Waals surface area contributed by atoms with Gasteiger partial charge in [-0.3, -0.25) is 0 Å². The Morgan fingerprint density at radius 1 is 0.520 bits per heavy atom. The van der Waals surface area contributed by atoms with Gasteiger partial charge in [0.15, 0.2) is 0 Å². The minimum Gasteiger partial charge on any atom is -0.423 e. The van der Waals surface area contributed by atoms with Gasteiger partial charge < -0.3 is 10.0 Å². The molecule has 2 N–H and O–H groups in total. The van der Waals surface area contributed by atoms with E-state index in [9.17, 15) is 10.0 Å². The SMILES string of the molecule is OB(O)c1ccc(-c2cccc3cccc(-c4ccccc4)c23)cc1. The lowest BCUT2D eigenvalue weighted by molar-refractivity contribution is 0.426. The van der Waals surface area contributed by atoms with Crippen LogP contribution in [-0.4, -0.2) is 17.2 Å². The molecule has 4 aromatic rings. The molecule has 120 valence electrons. The fourth-order valence-electron chi connectivity index (χ4n) is 3.27. The Hall–Kier alpha value is -2.88. The van der Waals surface area contributed by atoms with Gasteiger partial charge in [0, 0.05) is 0 Å². The summed E-state index contributed by atoms with van der Waals surface area (Å²) in [6.07, 6.45) is 0. The van der Waals surface area contributed by atoms with Crippen LogP contribution in [0.5, 0.6) is 0 Å². The van der Waals surface area contributed by atoms with Crippen molar-refractivity contribution in [2.24, 2.45) is 0 Å². The smallest absolute Gasteiger partial charge is 0.423 e. The molecule has 0 radical (unpaired) electrons. The van der Waals surface area contributed by atoms with Crippen molar-refractivity contribution >= 4 is 23.4 Å². The second kappa shape index (κ2) is 6.56. The van der Waals surface area contributed by atoms with Gasteiger partial charge in [-0.25, -0.2) is 0 Å². The van der Waals surface area contributed by atoms with E-state index in [1.165, 1.54) is 21.9 Å². The number of hydrogen-bond donors (Lipinski definition) is 2. The topological polar surface area (TPSA) is 40.5 Å². The Kier molecular flexibility index (Phi) is 4.10. The highest BCUT2D eigenvalue weighted by Gasteiger charge is 2.12. The van der Waals surface area contributed by atoms with E-state index in [1.54, 1.807) is 12.1 Å². The first-order valence-corrected chi connectivity index (χ1v) is 8.28. The lowest BCUT2D eigenvalue weighted by Crippen LogP contribution is -2.29. The van der Waals surface area contributed by atoms with E-state index in [4.69, 9.17) is 0 Å². The largest absolute Gasteiger partial charge is 0.488 e. The summed E-state index contributed by atoms with van der Waals surface area (Å²) in [5.74, 6) is 0. The normalized spacial score (nSPS) is 10.8. The van der Waals surface area contributed by atoms with Gasteiger partial charge in [0.1, 0.15) is 0 Å². The van der Waals surface area contributed by atoms with E-state index in [2.05, 4.69) is 48.5 Å².